The number of piperazine rings is 1. The molecule has 1 aromatic carbocycles. The van der Waals surface area contributed by atoms with Gasteiger partial charge in [-0.25, -0.2) is 0 Å². The summed E-state index contributed by atoms with van der Waals surface area (Å²) in [4.78, 5) is 4.78. The summed E-state index contributed by atoms with van der Waals surface area (Å²) in [7, 11) is 0. The summed E-state index contributed by atoms with van der Waals surface area (Å²) in [5.41, 5.74) is 3.80. The maximum atomic E-state index is 10.1. The zero-order valence-electron chi connectivity index (χ0n) is 15.3. The molecule has 1 aromatic rings. The van der Waals surface area contributed by atoms with Gasteiger partial charge in [0.1, 0.15) is 0 Å². The number of ether oxygens (including phenoxy) is 1. The molecule has 4 heteroatoms. The van der Waals surface area contributed by atoms with Gasteiger partial charge in [0.15, 0.2) is 0 Å². The molecule has 1 aliphatic heterocycles. The van der Waals surface area contributed by atoms with Crippen LogP contribution in [0.15, 0.2) is 18.2 Å². The van der Waals surface area contributed by atoms with Crippen LogP contribution in [0.5, 0.6) is 0 Å². The lowest BCUT2D eigenvalue weighted by Crippen LogP contribution is -2.49. The van der Waals surface area contributed by atoms with E-state index in [0.717, 1.165) is 26.2 Å². The van der Waals surface area contributed by atoms with Gasteiger partial charge in [-0.3, -0.25) is 4.90 Å². The molecule has 0 spiro atoms. The molecule has 1 unspecified atom stereocenters. The molecule has 1 atom stereocenters. The van der Waals surface area contributed by atoms with Gasteiger partial charge in [0, 0.05) is 38.4 Å². The second-order valence-corrected chi connectivity index (χ2v) is 7.65. The number of β-amino-alcohol motifs (C(OH)–C–C–N with tert-alkyl or cyclic N) is 1. The molecule has 1 N–H and O–H groups in total. The number of hydrogen-bond donors (Lipinski definition) is 1. The molecule has 1 heterocycles. The minimum Gasteiger partial charge on any atom is -0.389 e. The zero-order valence-corrected chi connectivity index (χ0v) is 15.3. The predicted molar refractivity (Wildman–Crippen MR) is 96.3 cm³/mol. The molecule has 0 aromatic heterocycles. The van der Waals surface area contributed by atoms with Gasteiger partial charge in [0.2, 0.25) is 0 Å². The van der Waals surface area contributed by atoms with Crippen molar-refractivity contribution < 1.29 is 9.84 Å². The van der Waals surface area contributed by atoms with Gasteiger partial charge in [-0.05, 0) is 46.2 Å². The summed E-state index contributed by atoms with van der Waals surface area (Å²) < 4.78 is 5.66. The molecule has 4 nitrogen and oxygen atoms in total. The Morgan fingerprint density at radius 3 is 2.35 bits per heavy atom. The molecule has 1 aliphatic rings. The number of hydrogen-bond acceptors (Lipinski definition) is 4. The van der Waals surface area contributed by atoms with E-state index in [0.29, 0.717) is 13.2 Å². The highest BCUT2D eigenvalue weighted by molar-refractivity contribution is 5.54. The van der Waals surface area contributed by atoms with Crippen molar-refractivity contribution in [2.45, 2.75) is 46.3 Å². The first kappa shape index (κ1) is 18.2. The first-order valence-electron chi connectivity index (χ1n) is 8.61. The maximum Gasteiger partial charge on any atom is 0.0900 e. The van der Waals surface area contributed by atoms with E-state index < -0.39 is 6.10 Å². The summed E-state index contributed by atoms with van der Waals surface area (Å²) in [6.45, 7) is 15.5. The molecule has 0 amide bonds. The van der Waals surface area contributed by atoms with E-state index in [1.165, 1.54) is 16.8 Å². The van der Waals surface area contributed by atoms with Crippen molar-refractivity contribution in [3.63, 3.8) is 0 Å². The van der Waals surface area contributed by atoms with Crippen molar-refractivity contribution in [1.29, 1.82) is 0 Å². The van der Waals surface area contributed by atoms with Crippen LogP contribution in [0.25, 0.3) is 0 Å². The minimum atomic E-state index is -0.415. The van der Waals surface area contributed by atoms with E-state index in [1.54, 1.807) is 0 Å². The highest BCUT2D eigenvalue weighted by atomic mass is 16.5. The molecule has 2 rings (SSSR count). The summed E-state index contributed by atoms with van der Waals surface area (Å²) in [6, 6.07) is 6.66. The molecular formula is C19H32N2O2. The number of aliphatic hydroxyl groups excluding tert-OH is 1. The van der Waals surface area contributed by atoms with Crippen LogP contribution in [-0.4, -0.2) is 61.0 Å². The summed E-state index contributed by atoms with van der Waals surface area (Å²) in [6.07, 6.45) is -0.415. The van der Waals surface area contributed by atoms with Gasteiger partial charge in [-0.2, -0.15) is 0 Å². The molecule has 0 radical (unpaired) electrons. The van der Waals surface area contributed by atoms with Crippen LogP contribution in [0.4, 0.5) is 5.69 Å². The van der Waals surface area contributed by atoms with Crippen molar-refractivity contribution >= 4 is 5.69 Å². The molecule has 1 fully saturated rings. The molecule has 0 saturated carbocycles. The monoisotopic (exact) mass is 320 g/mol. The van der Waals surface area contributed by atoms with Gasteiger partial charge < -0.3 is 14.7 Å². The average Bonchev–Trinajstić information content (AvgIpc) is 2.46. The number of rotatable bonds is 5. The smallest absolute Gasteiger partial charge is 0.0900 e. The number of benzene rings is 1. The van der Waals surface area contributed by atoms with E-state index in [1.807, 2.05) is 20.8 Å². The van der Waals surface area contributed by atoms with Crippen molar-refractivity contribution in [1.82, 2.24) is 4.90 Å². The molecule has 0 bridgehead atoms. The van der Waals surface area contributed by atoms with Crippen LogP contribution in [0.1, 0.15) is 31.9 Å². The third kappa shape index (κ3) is 5.79. The van der Waals surface area contributed by atoms with Gasteiger partial charge >= 0.3 is 0 Å². The van der Waals surface area contributed by atoms with Crippen LogP contribution in [0.3, 0.4) is 0 Å². The van der Waals surface area contributed by atoms with E-state index in [4.69, 9.17) is 4.74 Å². The van der Waals surface area contributed by atoms with Crippen molar-refractivity contribution in [3.8, 4) is 0 Å². The average molecular weight is 320 g/mol. The van der Waals surface area contributed by atoms with Gasteiger partial charge in [0.05, 0.1) is 18.3 Å². The number of aliphatic hydroxyl groups is 1. The first-order chi connectivity index (χ1) is 10.7. The Morgan fingerprint density at radius 1 is 1.13 bits per heavy atom. The number of nitrogens with zero attached hydrogens (tertiary/aromatic N) is 2. The fraction of sp³-hybridized carbons (Fsp3) is 0.684. The van der Waals surface area contributed by atoms with E-state index >= 15 is 0 Å². The van der Waals surface area contributed by atoms with Crippen molar-refractivity contribution in [2.75, 3.05) is 44.2 Å². The summed E-state index contributed by atoms with van der Waals surface area (Å²) >= 11 is 0. The van der Waals surface area contributed by atoms with Crippen LogP contribution < -0.4 is 4.90 Å². The SMILES string of the molecule is Cc1ccc(N2CCN(CC(O)COC(C)(C)C)CC2)c(C)c1. The third-order valence-electron chi connectivity index (χ3n) is 4.24. The van der Waals surface area contributed by atoms with E-state index in [9.17, 15) is 5.11 Å². The van der Waals surface area contributed by atoms with E-state index in [2.05, 4.69) is 41.8 Å². The lowest BCUT2D eigenvalue weighted by Gasteiger charge is -2.37. The Morgan fingerprint density at radius 2 is 1.78 bits per heavy atom. The molecular weight excluding hydrogens is 288 g/mol. The highest BCUT2D eigenvalue weighted by Crippen LogP contribution is 2.22. The summed E-state index contributed by atoms with van der Waals surface area (Å²) in [5, 5.41) is 10.1. The minimum absolute atomic E-state index is 0.192. The molecule has 1 saturated heterocycles. The predicted octanol–water partition coefficient (Wildman–Crippen LogP) is 2.60. The Kier molecular flexibility index (Phi) is 6.06. The fourth-order valence-corrected chi connectivity index (χ4v) is 3.03. The van der Waals surface area contributed by atoms with Gasteiger partial charge in [-0.15, -0.1) is 0 Å². The normalized spacial score (nSPS) is 18.3. The summed E-state index contributed by atoms with van der Waals surface area (Å²) in [5.74, 6) is 0. The molecule has 130 valence electrons. The maximum absolute atomic E-state index is 10.1. The molecule has 0 aliphatic carbocycles. The van der Waals surface area contributed by atoms with E-state index in [-0.39, 0.29) is 5.60 Å². The van der Waals surface area contributed by atoms with Crippen LogP contribution >= 0.6 is 0 Å². The second-order valence-electron chi connectivity index (χ2n) is 7.65. The van der Waals surface area contributed by atoms with Crippen molar-refractivity contribution in [3.05, 3.63) is 29.3 Å². The fourth-order valence-electron chi connectivity index (χ4n) is 3.03. The standard InChI is InChI=1S/C19H32N2O2/c1-15-6-7-18(16(2)12-15)21-10-8-20(9-11-21)13-17(22)14-23-19(3,4)5/h6-7,12,17,22H,8-11,13-14H2,1-5H3. The Balaban J connectivity index is 1.79. The largest absolute Gasteiger partial charge is 0.389 e. The lowest BCUT2D eigenvalue weighted by atomic mass is 10.1. The molecule has 23 heavy (non-hydrogen) atoms. The first-order valence-corrected chi connectivity index (χ1v) is 8.61. The third-order valence-corrected chi connectivity index (χ3v) is 4.24. The van der Waals surface area contributed by atoms with Gasteiger partial charge in [0.25, 0.3) is 0 Å². The Labute approximate surface area is 141 Å². The van der Waals surface area contributed by atoms with Crippen LogP contribution in [0.2, 0.25) is 0 Å². The van der Waals surface area contributed by atoms with Crippen LogP contribution in [-0.2, 0) is 4.74 Å². The highest BCUT2D eigenvalue weighted by Gasteiger charge is 2.21. The second kappa shape index (κ2) is 7.65. The van der Waals surface area contributed by atoms with Gasteiger partial charge in [-0.1, -0.05) is 17.7 Å². The number of anilines is 1. The Hall–Kier alpha value is -1.10. The Bertz CT molecular complexity index is 503. The zero-order chi connectivity index (χ0) is 17.0. The number of aryl methyl sites for hydroxylation is 2. The van der Waals surface area contributed by atoms with Crippen molar-refractivity contribution in [2.24, 2.45) is 0 Å². The quantitative estimate of drug-likeness (QED) is 0.905. The lowest BCUT2D eigenvalue weighted by molar-refractivity contribution is -0.0563. The van der Waals surface area contributed by atoms with Crippen LogP contribution in [0, 0.1) is 13.8 Å². The topological polar surface area (TPSA) is 35.9 Å².